The van der Waals surface area contributed by atoms with E-state index < -0.39 is 0 Å². The number of amides is 2. The van der Waals surface area contributed by atoms with E-state index in [4.69, 9.17) is 0 Å². The van der Waals surface area contributed by atoms with Crippen molar-refractivity contribution >= 4 is 22.6 Å². The van der Waals surface area contributed by atoms with Crippen LogP contribution in [0.1, 0.15) is 18.9 Å². The molecular formula is C19H21N5O2. The summed E-state index contributed by atoms with van der Waals surface area (Å²) < 4.78 is 1.30. The van der Waals surface area contributed by atoms with Gasteiger partial charge in [0.2, 0.25) is 0 Å². The zero-order valence-corrected chi connectivity index (χ0v) is 14.8. The Morgan fingerprint density at radius 3 is 2.77 bits per heavy atom. The van der Waals surface area contributed by atoms with Crippen LogP contribution in [0.5, 0.6) is 0 Å². The fourth-order valence-electron chi connectivity index (χ4n) is 2.70. The molecule has 1 atom stereocenters. The molecule has 0 aliphatic rings. The normalized spacial score (nSPS) is 11.9. The molecule has 3 rings (SSSR count). The summed E-state index contributed by atoms with van der Waals surface area (Å²) in [4.78, 5) is 24.8. The minimum Gasteiger partial charge on any atom is -0.333 e. The van der Waals surface area contributed by atoms with Crippen molar-refractivity contribution in [3.05, 3.63) is 64.4 Å². The quantitative estimate of drug-likeness (QED) is 0.740. The van der Waals surface area contributed by atoms with Crippen LogP contribution in [-0.4, -0.2) is 27.1 Å². The Bertz CT molecular complexity index is 983. The molecule has 0 aliphatic carbocycles. The van der Waals surface area contributed by atoms with E-state index >= 15 is 0 Å². The van der Waals surface area contributed by atoms with Crippen molar-refractivity contribution in [3.8, 4) is 0 Å². The van der Waals surface area contributed by atoms with Gasteiger partial charge in [-0.3, -0.25) is 4.79 Å². The summed E-state index contributed by atoms with van der Waals surface area (Å²) >= 11 is 0. The van der Waals surface area contributed by atoms with Crippen LogP contribution in [0.3, 0.4) is 0 Å². The van der Waals surface area contributed by atoms with Gasteiger partial charge < -0.3 is 10.6 Å². The first-order valence-electron chi connectivity index (χ1n) is 8.53. The summed E-state index contributed by atoms with van der Waals surface area (Å²) in [5, 5.41) is 14.3. The third-order valence-electron chi connectivity index (χ3n) is 4.13. The molecule has 1 heterocycles. The Morgan fingerprint density at radius 1 is 1.19 bits per heavy atom. The lowest BCUT2D eigenvalue weighted by molar-refractivity contribution is 0.245. The molecule has 2 N–H and O–H groups in total. The zero-order valence-electron chi connectivity index (χ0n) is 14.8. The van der Waals surface area contributed by atoms with Crippen molar-refractivity contribution < 1.29 is 4.79 Å². The highest BCUT2D eigenvalue weighted by Crippen LogP contribution is 2.09. The van der Waals surface area contributed by atoms with Gasteiger partial charge in [0.1, 0.15) is 5.52 Å². The van der Waals surface area contributed by atoms with E-state index in [1.807, 2.05) is 44.2 Å². The molecule has 3 aromatic rings. The van der Waals surface area contributed by atoms with Crippen LogP contribution in [0.25, 0.3) is 10.9 Å². The first-order valence-corrected chi connectivity index (χ1v) is 8.53. The number of hydrogen-bond acceptors (Lipinski definition) is 4. The SMILES string of the molecule is CCC(Cn1nnc2ccccc2c1=O)NC(=O)Nc1cccc(C)c1. The third kappa shape index (κ3) is 4.05. The van der Waals surface area contributed by atoms with E-state index in [-0.39, 0.29) is 24.2 Å². The fourth-order valence-corrected chi connectivity index (χ4v) is 2.70. The standard InChI is InChI=1S/C19H21N5O2/c1-3-14(20-19(26)21-15-8-6-7-13(2)11-15)12-24-18(25)16-9-4-5-10-17(16)22-23-24/h4-11,14H,3,12H2,1-2H3,(H2,20,21,26). The number of aromatic nitrogens is 3. The molecule has 7 nitrogen and oxygen atoms in total. The Morgan fingerprint density at radius 2 is 2.00 bits per heavy atom. The second kappa shape index (κ2) is 7.77. The minimum atomic E-state index is -0.316. The zero-order chi connectivity index (χ0) is 18.5. The van der Waals surface area contributed by atoms with E-state index in [1.54, 1.807) is 18.2 Å². The average Bonchev–Trinajstić information content (AvgIpc) is 2.63. The van der Waals surface area contributed by atoms with Crippen LogP contribution >= 0.6 is 0 Å². The number of aryl methyl sites for hydroxylation is 1. The van der Waals surface area contributed by atoms with Gasteiger partial charge in [0.05, 0.1) is 18.0 Å². The molecule has 0 aliphatic heterocycles. The summed E-state index contributed by atoms with van der Waals surface area (Å²) in [6.07, 6.45) is 0.655. The van der Waals surface area contributed by atoms with E-state index in [1.165, 1.54) is 4.68 Å². The van der Waals surface area contributed by atoms with Gasteiger partial charge in [-0.05, 0) is 43.2 Å². The number of urea groups is 1. The first-order chi connectivity index (χ1) is 12.6. The average molecular weight is 351 g/mol. The van der Waals surface area contributed by atoms with Crippen molar-refractivity contribution in [3.63, 3.8) is 0 Å². The molecule has 0 saturated heterocycles. The molecule has 1 unspecified atom stereocenters. The number of carbonyl (C=O) groups excluding carboxylic acids is 1. The Hall–Kier alpha value is -3.22. The number of rotatable bonds is 5. The van der Waals surface area contributed by atoms with Crippen molar-refractivity contribution in [1.29, 1.82) is 0 Å². The lowest BCUT2D eigenvalue weighted by atomic mass is 10.2. The molecule has 0 bridgehead atoms. The molecule has 26 heavy (non-hydrogen) atoms. The molecule has 2 amide bonds. The van der Waals surface area contributed by atoms with Crippen LogP contribution in [0.15, 0.2) is 53.3 Å². The van der Waals surface area contributed by atoms with Gasteiger partial charge in [0.15, 0.2) is 0 Å². The summed E-state index contributed by atoms with van der Waals surface area (Å²) in [6, 6.07) is 14.1. The van der Waals surface area contributed by atoms with Crippen molar-refractivity contribution in [1.82, 2.24) is 20.3 Å². The van der Waals surface area contributed by atoms with Crippen molar-refractivity contribution in [2.75, 3.05) is 5.32 Å². The number of hydrogen-bond donors (Lipinski definition) is 2. The third-order valence-corrected chi connectivity index (χ3v) is 4.13. The molecular weight excluding hydrogens is 330 g/mol. The highest BCUT2D eigenvalue weighted by atomic mass is 16.2. The largest absolute Gasteiger partial charge is 0.333 e. The minimum absolute atomic E-state index is 0.213. The fraction of sp³-hybridized carbons (Fsp3) is 0.263. The number of nitrogens with zero attached hydrogens (tertiary/aromatic N) is 3. The monoisotopic (exact) mass is 351 g/mol. The topological polar surface area (TPSA) is 88.9 Å². The summed E-state index contributed by atoms with van der Waals surface area (Å²) in [7, 11) is 0. The molecule has 0 saturated carbocycles. The highest BCUT2D eigenvalue weighted by molar-refractivity contribution is 5.89. The maximum atomic E-state index is 12.5. The molecule has 134 valence electrons. The van der Waals surface area contributed by atoms with Gasteiger partial charge in [-0.2, -0.15) is 0 Å². The summed E-state index contributed by atoms with van der Waals surface area (Å²) in [5.74, 6) is 0. The summed E-state index contributed by atoms with van der Waals surface area (Å²) in [6.45, 7) is 4.16. The second-order valence-electron chi connectivity index (χ2n) is 6.17. The predicted molar refractivity (Wildman–Crippen MR) is 101 cm³/mol. The van der Waals surface area contributed by atoms with Crippen LogP contribution in [0.4, 0.5) is 10.5 Å². The van der Waals surface area contributed by atoms with Crippen LogP contribution in [0, 0.1) is 6.92 Å². The van der Waals surface area contributed by atoms with Crippen LogP contribution in [-0.2, 0) is 6.54 Å². The smallest absolute Gasteiger partial charge is 0.319 e. The number of carbonyl (C=O) groups is 1. The molecule has 1 aromatic heterocycles. The molecule has 2 aromatic carbocycles. The van der Waals surface area contributed by atoms with Crippen molar-refractivity contribution in [2.24, 2.45) is 0 Å². The number of anilines is 1. The maximum absolute atomic E-state index is 12.5. The molecule has 0 fully saturated rings. The van der Waals surface area contributed by atoms with Gasteiger partial charge in [-0.15, -0.1) is 5.10 Å². The van der Waals surface area contributed by atoms with Gasteiger partial charge in [0.25, 0.3) is 5.56 Å². The molecule has 7 heteroatoms. The van der Waals surface area contributed by atoms with E-state index in [0.717, 1.165) is 11.3 Å². The van der Waals surface area contributed by atoms with Gasteiger partial charge >= 0.3 is 6.03 Å². The second-order valence-corrected chi connectivity index (χ2v) is 6.17. The predicted octanol–water partition coefficient (Wildman–Crippen LogP) is 2.70. The Kier molecular flexibility index (Phi) is 5.26. The van der Waals surface area contributed by atoms with Gasteiger partial charge in [0, 0.05) is 5.69 Å². The van der Waals surface area contributed by atoms with Gasteiger partial charge in [-0.1, -0.05) is 36.4 Å². The Labute approximate surface area is 151 Å². The molecule has 0 spiro atoms. The lowest BCUT2D eigenvalue weighted by Gasteiger charge is -2.18. The summed E-state index contributed by atoms with van der Waals surface area (Å²) in [5.41, 5.74) is 2.13. The van der Waals surface area contributed by atoms with Gasteiger partial charge in [-0.25, -0.2) is 9.48 Å². The van der Waals surface area contributed by atoms with Crippen LogP contribution < -0.4 is 16.2 Å². The van der Waals surface area contributed by atoms with E-state index in [2.05, 4.69) is 20.9 Å². The Balaban J connectivity index is 1.70. The number of fused-ring (bicyclic) bond motifs is 1. The van der Waals surface area contributed by atoms with Crippen molar-refractivity contribution in [2.45, 2.75) is 32.9 Å². The van der Waals surface area contributed by atoms with E-state index in [9.17, 15) is 9.59 Å². The molecule has 0 radical (unpaired) electrons. The first kappa shape index (κ1) is 17.6. The number of nitrogens with one attached hydrogen (secondary N) is 2. The highest BCUT2D eigenvalue weighted by Gasteiger charge is 2.14. The number of benzene rings is 2. The van der Waals surface area contributed by atoms with Crippen LogP contribution in [0.2, 0.25) is 0 Å². The van der Waals surface area contributed by atoms with E-state index in [0.29, 0.717) is 17.3 Å². The lowest BCUT2D eigenvalue weighted by Crippen LogP contribution is -2.42. The maximum Gasteiger partial charge on any atom is 0.319 e.